The Morgan fingerprint density at radius 3 is 2.75 bits per heavy atom. The van der Waals surface area contributed by atoms with Crippen molar-refractivity contribution in [2.45, 2.75) is 51.0 Å². The van der Waals surface area contributed by atoms with E-state index in [0.717, 1.165) is 37.8 Å². The number of likely N-dealkylation sites (tertiary alicyclic amines) is 1. The van der Waals surface area contributed by atoms with Gasteiger partial charge in [0.1, 0.15) is 5.54 Å². The molecule has 0 saturated carbocycles. The predicted octanol–water partition coefficient (Wildman–Crippen LogP) is 1.84. The van der Waals surface area contributed by atoms with Gasteiger partial charge in [0.25, 0.3) is 0 Å². The standard InChI is InChI=1S/C15H24N2O3/c1-15(14(19)20)9-5-6-10-17(15)11-13(18)16(2)12-7-3-4-8-12/h7H,3-6,8-11H2,1-2H3,(H,19,20). The van der Waals surface area contributed by atoms with Crippen molar-refractivity contribution in [3.05, 3.63) is 11.8 Å². The number of piperidine rings is 1. The second-order valence-electron chi connectivity index (χ2n) is 6.00. The molecule has 0 radical (unpaired) electrons. The van der Waals surface area contributed by atoms with E-state index in [1.165, 1.54) is 0 Å². The van der Waals surface area contributed by atoms with E-state index in [4.69, 9.17) is 0 Å². The first-order chi connectivity index (χ1) is 9.45. The Kier molecular flexibility index (Phi) is 4.48. The SMILES string of the molecule is CN(C(=O)CN1CCCCC1(C)C(=O)O)C1=CCCC1. The number of likely N-dealkylation sites (N-methyl/N-ethyl adjacent to an activating group) is 1. The van der Waals surface area contributed by atoms with Gasteiger partial charge in [0.15, 0.2) is 0 Å². The van der Waals surface area contributed by atoms with Crippen LogP contribution in [0.15, 0.2) is 11.8 Å². The van der Waals surface area contributed by atoms with E-state index in [9.17, 15) is 14.7 Å². The number of carbonyl (C=O) groups excluding carboxylic acids is 1. The Hall–Kier alpha value is -1.36. The molecule has 1 aliphatic carbocycles. The Balaban J connectivity index is 2.03. The van der Waals surface area contributed by atoms with Crippen LogP contribution in [-0.4, -0.2) is 52.5 Å². The summed E-state index contributed by atoms with van der Waals surface area (Å²) in [5, 5.41) is 9.45. The van der Waals surface area contributed by atoms with Crippen LogP contribution in [0.5, 0.6) is 0 Å². The molecule has 1 fully saturated rings. The zero-order chi connectivity index (χ0) is 14.8. The number of hydrogen-bond donors (Lipinski definition) is 1. The molecule has 1 atom stereocenters. The van der Waals surface area contributed by atoms with E-state index in [1.54, 1.807) is 18.9 Å². The zero-order valence-electron chi connectivity index (χ0n) is 12.4. The number of hydrogen-bond acceptors (Lipinski definition) is 3. The van der Waals surface area contributed by atoms with Crippen molar-refractivity contribution in [1.82, 2.24) is 9.80 Å². The molecule has 1 N–H and O–H groups in total. The van der Waals surface area contributed by atoms with E-state index in [0.29, 0.717) is 13.0 Å². The molecule has 5 nitrogen and oxygen atoms in total. The zero-order valence-corrected chi connectivity index (χ0v) is 12.4. The van der Waals surface area contributed by atoms with Crippen molar-refractivity contribution < 1.29 is 14.7 Å². The normalized spacial score (nSPS) is 27.2. The minimum atomic E-state index is -0.904. The lowest BCUT2D eigenvalue weighted by Gasteiger charge is -2.41. The predicted molar refractivity (Wildman–Crippen MR) is 76.2 cm³/mol. The first kappa shape index (κ1) is 15.0. The van der Waals surface area contributed by atoms with Gasteiger partial charge in [-0.25, -0.2) is 0 Å². The quantitative estimate of drug-likeness (QED) is 0.853. The number of carboxylic acid groups (broad SMARTS) is 1. The highest BCUT2D eigenvalue weighted by Gasteiger charge is 2.42. The molecule has 0 spiro atoms. The maximum atomic E-state index is 12.4. The number of amides is 1. The van der Waals surface area contributed by atoms with E-state index >= 15 is 0 Å². The first-order valence-corrected chi connectivity index (χ1v) is 7.39. The average Bonchev–Trinajstić information content (AvgIpc) is 2.94. The van der Waals surface area contributed by atoms with Gasteiger partial charge in [-0.05, 0) is 52.0 Å². The first-order valence-electron chi connectivity index (χ1n) is 7.39. The minimum Gasteiger partial charge on any atom is -0.480 e. The molecule has 1 amide bonds. The molecule has 1 heterocycles. The van der Waals surface area contributed by atoms with Crippen molar-refractivity contribution in [1.29, 1.82) is 0 Å². The molecule has 0 aromatic carbocycles. The highest BCUT2D eigenvalue weighted by atomic mass is 16.4. The molecule has 1 aliphatic heterocycles. The van der Waals surface area contributed by atoms with Gasteiger partial charge in [0.2, 0.25) is 5.91 Å². The third kappa shape index (κ3) is 2.87. The molecule has 2 rings (SSSR count). The van der Waals surface area contributed by atoms with Gasteiger partial charge >= 0.3 is 5.97 Å². The molecule has 1 unspecified atom stereocenters. The monoisotopic (exact) mass is 280 g/mol. The second kappa shape index (κ2) is 5.95. The van der Waals surface area contributed by atoms with Gasteiger partial charge in [0, 0.05) is 12.7 Å². The topological polar surface area (TPSA) is 60.9 Å². The van der Waals surface area contributed by atoms with Crippen LogP contribution in [0, 0.1) is 0 Å². The van der Waals surface area contributed by atoms with Gasteiger partial charge in [-0.1, -0.05) is 6.08 Å². The largest absolute Gasteiger partial charge is 0.480 e. The lowest BCUT2D eigenvalue weighted by atomic mass is 9.88. The molecule has 0 aromatic rings. The van der Waals surface area contributed by atoms with Gasteiger partial charge in [-0.2, -0.15) is 0 Å². The summed E-state index contributed by atoms with van der Waals surface area (Å²) in [7, 11) is 1.79. The molecule has 0 bridgehead atoms. The summed E-state index contributed by atoms with van der Waals surface area (Å²) < 4.78 is 0. The molecule has 112 valence electrons. The van der Waals surface area contributed by atoms with E-state index in [1.807, 2.05) is 4.90 Å². The maximum absolute atomic E-state index is 12.4. The number of rotatable bonds is 4. The second-order valence-corrected chi connectivity index (χ2v) is 6.00. The molecule has 0 aromatic heterocycles. The van der Waals surface area contributed by atoms with Crippen LogP contribution in [0.3, 0.4) is 0 Å². The fourth-order valence-electron chi connectivity index (χ4n) is 3.06. The number of nitrogens with zero attached hydrogens (tertiary/aromatic N) is 2. The third-order valence-corrected chi connectivity index (χ3v) is 4.65. The molecule has 20 heavy (non-hydrogen) atoms. The fourth-order valence-corrected chi connectivity index (χ4v) is 3.06. The smallest absolute Gasteiger partial charge is 0.323 e. The van der Waals surface area contributed by atoms with Crippen LogP contribution in [0.2, 0.25) is 0 Å². The summed E-state index contributed by atoms with van der Waals surface area (Å²) in [6.07, 6.45) is 7.66. The van der Waals surface area contributed by atoms with Crippen molar-refractivity contribution in [3.8, 4) is 0 Å². The van der Waals surface area contributed by atoms with Crippen molar-refractivity contribution in [2.75, 3.05) is 20.1 Å². The summed E-state index contributed by atoms with van der Waals surface area (Å²) in [6.45, 7) is 2.61. The van der Waals surface area contributed by atoms with Crippen LogP contribution in [0.25, 0.3) is 0 Å². The number of carboxylic acids is 1. The van der Waals surface area contributed by atoms with Crippen molar-refractivity contribution in [3.63, 3.8) is 0 Å². The molecule has 5 heteroatoms. The number of aliphatic carboxylic acids is 1. The van der Waals surface area contributed by atoms with Crippen molar-refractivity contribution >= 4 is 11.9 Å². The van der Waals surface area contributed by atoms with Crippen LogP contribution in [0.1, 0.15) is 45.4 Å². The summed E-state index contributed by atoms with van der Waals surface area (Å²) in [5.41, 5.74) is 0.169. The lowest BCUT2D eigenvalue weighted by molar-refractivity contribution is -0.154. The summed E-state index contributed by atoms with van der Waals surface area (Å²) in [6, 6.07) is 0. The van der Waals surface area contributed by atoms with E-state index in [2.05, 4.69) is 6.08 Å². The molecular weight excluding hydrogens is 256 g/mol. The average molecular weight is 280 g/mol. The minimum absolute atomic E-state index is 0.00692. The van der Waals surface area contributed by atoms with Gasteiger partial charge in [0.05, 0.1) is 6.54 Å². The highest BCUT2D eigenvalue weighted by Crippen LogP contribution is 2.28. The van der Waals surface area contributed by atoms with Gasteiger partial charge < -0.3 is 10.0 Å². The van der Waals surface area contributed by atoms with Crippen molar-refractivity contribution in [2.24, 2.45) is 0 Å². The van der Waals surface area contributed by atoms with Gasteiger partial charge in [-0.15, -0.1) is 0 Å². The summed E-state index contributed by atoms with van der Waals surface area (Å²) >= 11 is 0. The third-order valence-electron chi connectivity index (χ3n) is 4.65. The lowest BCUT2D eigenvalue weighted by Crippen LogP contribution is -2.57. The summed E-state index contributed by atoms with van der Waals surface area (Å²) in [4.78, 5) is 27.4. The molecule has 1 saturated heterocycles. The molecular formula is C15H24N2O3. The fraction of sp³-hybridized carbons (Fsp3) is 0.733. The number of allylic oxidation sites excluding steroid dienone is 2. The van der Waals surface area contributed by atoms with E-state index < -0.39 is 11.5 Å². The maximum Gasteiger partial charge on any atom is 0.323 e. The summed E-state index contributed by atoms with van der Waals surface area (Å²) in [5.74, 6) is -0.833. The van der Waals surface area contributed by atoms with Crippen LogP contribution < -0.4 is 0 Å². The number of carbonyl (C=O) groups is 2. The highest BCUT2D eigenvalue weighted by molar-refractivity contribution is 5.83. The van der Waals surface area contributed by atoms with Crippen LogP contribution >= 0.6 is 0 Å². The Morgan fingerprint density at radius 1 is 1.40 bits per heavy atom. The van der Waals surface area contributed by atoms with Gasteiger partial charge in [-0.3, -0.25) is 14.5 Å². The van der Waals surface area contributed by atoms with Crippen LogP contribution in [-0.2, 0) is 9.59 Å². The van der Waals surface area contributed by atoms with Crippen LogP contribution in [0.4, 0.5) is 0 Å². The molecule has 2 aliphatic rings. The Morgan fingerprint density at radius 2 is 2.15 bits per heavy atom. The Bertz CT molecular complexity index is 433. The Labute approximate surface area is 120 Å². The van der Waals surface area contributed by atoms with E-state index in [-0.39, 0.29) is 12.5 Å².